The number of rotatable bonds is 1. The van der Waals surface area contributed by atoms with Crippen LogP contribution in [0.3, 0.4) is 0 Å². The van der Waals surface area contributed by atoms with E-state index in [2.05, 4.69) is 0 Å². The van der Waals surface area contributed by atoms with Gasteiger partial charge in [0.05, 0.1) is 5.69 Å². The van der Waals surface area contributed by atoms with Crippen molar-refractivity contribution in [1.82, 2.24) is 0 Å². The Morgan fingerprint density at radius 3 is 3.08 bits per heavy atom. The number of nitrogens with two attached hydrogens (primary N) is 2. The predicted octanol–water partition coefficient (Wildman–Crippen LogP) is 0.367. The molecular weight excluding hydrogens is 168 g/mol. The molecule has 1 aromatic rings. The lowest BCUT2D eigenvalue weighted by atomic mass is 10.2. The third kappa shape index (κ3) is 1.40. The molecule has 70 valence electrons. The molecule has 0 fully saturated rings. The van der Waals surface area contributed by atoms with Gasteiger partial charge in [-0.3, -0.25) is 0 Å². The summed E-state index contributed by atoms with van der Waals surface area (Å²) in [6.07, 6.45) is -0.0859. The predicted molar refractivity (Wildman–Crippen MR) is 49.8 cm³/mol. The van der Waals surface area contributed by atoms with Gasteiger partial charge in [-0.2, -0.15) is 0 Å². The molecule has 0 radical (unpaired) electrons. The van der Waals surface area contributed by atoms with Gasteiger partial charge in [-0.05, 0) is 12.1 Å². The van der Waals surface area contributed by atoms with Gasteiger partial charge in [-0.15, -0.1) is 0 Å². The number of fused-ring (bicyclic) bond motifs is 1. The summed E-state index contributed by atoms with van der Waals surface area (Å²) in [7, 11) is 0. The van der Waals surface area contributed by atoms with Gasteiger partial charge in [-0.1, -0.05) is 6.07 Å². The van der Waals surface area contributed by atoms with Crippen LogP contribution in [0, 0.1) is 0 Å². The highest BCUT2D eigenvalue weighted by Gasteiger charge is 2.21. The summed E-state index contributed by atoms with van der Waals surface area (Å²) in [5.41, 5.74) is 11.8. The summed E-state index contributed by atoms with van der Waals surface area (Å²) in [6.45, 7) is 0.931. The Morgan fingerprint density at radius 2 is 2.31 bits per heavy atom. The minimum absolute atomic E-state index is 0.0859. The lowest BCUT2D eigenvalue weighted by Crippen LogP contribution is -2.35. The van der Waals surface area contributed by atoms with E-state index in [9.17, 15) is 0 Å². The molecule has 0 aromatic heterocycles. The Morgan fingerprint density at radius 1 is 1.46 bits per heavy atom. The van der Waals surface area contributed by atoms with E-state index in [0.717, 1.165) is 0 Å². The average Bonchev–Trinajstić information content (AvgIpc) is 2.18. The molecule has 1 unspecified atom stereocenters. The molecule has 4 N–H and O–H groups in total. The van der Waals surface area contributed by atoms with Gasteiger partial charge >= 0.3 is 0 Å². The molecule has 0 aliphatic carbocycles. The van der Waals surface area contributed by atoms with Crippen LogP contribution in [0.1, 0.15) is 0 Å². The fourth-order valence-electron chi connectivity index (χ4n) is 1.27. The normalized spacial score (nSPS) is 19.9. The van der Waals surface area contributed by atoms with E-state index >= 15 is 0 Å². The second-order valence-electron chi connectivity index (χ2n) is 2.96. The molecule has 0 spiro atoms. The van der Waals surface area contributed by atoms with Crippen molar-refractivity contribution in [1.29, 1.82) is 0 Å². The summed E-state index contributed by atoms with van der Waals surface area (Å²) in [5.74, 6) is 1.31. The first-order valence-corrected chi connectivity index (χ1v) is 4.19. The highest BCUT2D eigenvalue weighted by Crippen LogP contribution is 2.36. The quantitative estimate of drug-likeness (QED) is 0.612. The zero-order valence-electron chi connectivity index (χ0n) is 7.19. The summed E-state index contributed by atoms with van der Waals surface area (Å²) in [5, 5.41) is 0. The van der Waals surface area contributed by atoms with Crippen molar-refractivity contribution in [3.05, 3.63) is 18.2 Å². The number of ether oxygens (including phenoxy) is 2. The van der Waals surface area contributed by atoms with Crippen LogP contribution < -0.4 is 20.9 Å². The highest BCUT2D eigenvalue weighted by molar-refractivity contribution is 5.60. The van der Waals surface area contributed by atoms with E-state index in [1.165, 1.54) is 0 Å². The van der Waals surface area contributed by atoms with E-state index in [1.807, 2.05) is 12.1 Å². The molecule has 4 nitrogen and oxygen atoms in total. The topological polar surface area (TPSA) is 70.5 Å². The second kappa shape index (κ2) is 3.14. The smallest absolute Gasteiger partial charge is 0.184 e. The van der Waals surface area contributed by atoms with Gasteiger partial charge in [0.1, 0.15) is 12.7 Å². The van der Waals surface area contributed by atoms with E-state index in [-0.39, 0.29) is 6.10 Å². The van der Waals surface area contributed by atoms with Crippen LogP contribution in [0.25, 0.3) is 0 Å². The van der Waals surface area contributed by atoms with Gasteiger partial charge in [0, 0.05) is 6.54 Å². The number of benzene rings is 1. The molecule has 1 atom stereocenters. The Kier molecular flexibility index (Phi) is 1.98. The molecule has 4 heteroatoms. The maximum atomic E-state index is 5.71. The lowest BCUT2D eigenvalue weighted by Gasteiger charge is -2.26. The van der Waals surface area contributed by atoms with Crippen LogP contribution in [-0.2, 0) is 0 Å². The minimum Gasteiger partial charge on any atom is -0.486 e. The zero-order valence-corrected chi connectivity index (χ0v) is 7.19. The molecular formula is C9H12N2O2. The zero-order chi connectivity index (χ0) is 9.26. The second-order valence-corrected chi connectivity index (χ2v) is 2.96. The van der Waals surface area contributed by atoms with Crippen LogP contribution in [0.2, 0.25) is 0 Å². The fourth-order valence-corrected chi connectivity index (χ4v) is 1.27. The monoisotopic (exact) mass is 180 g/mol. The Labute approximate surface area is 76.4 Å². The van der Waals surface area contributed by atoms with Crippen molar-refractivity contribution >= 4 is 5.69 Å². The summed E-state index contributed by atoms with van der Waals surface area (Å²) in [4.78, 5) is 0. The van der Waals surface area contributed by atoms with Crippen molar-refractivity contribution in [3.8, 4) is 11.5 Å². The molecule has 2 rings (SSSR count). The molecule has 1 aromatic carbocycles. The van der Waals surface area contributed by atoms with Crippen molar-refractivity contribution in [2.24, 2.45) is 5.73 Å². The Balaban J connectivity index is 2.32. The van der Waals surface area contributed by atoms with Crippen LogP contribution in [0.4, 0.5) is 5.69 Å². The molecule has 1 aliphatic rings. The molecule has 1 heterocycles. The molecule has 0 bridgehead atoms. The summed E-state index contributed by atoms with van der Waals surface area (Å²) < 4.78 is 11.0. The largest absolute Gasteiger partial charge is 0.486 e. The molecule has 0 saturated heterocycles. The summed E-state index contributed by atoms with van der Waals surface area (Å²) >= 11 is 0. The number of anilines is 1. The van der Waals surface area contributed by atoms with Crippen LogP contribution in [0.5, 0.6) is 11.5 Å². The highest BCUT2D eigenvalue weighted by atomic mass is 16.6. The third-order valence-electron chi connectivity index (χ3n) is 1.98. The van der Waals surface area contributed by atoms with Crippen molar-refractivity contribution in [2.45, 2.75) is 6.10 Å². The van der Waals surface area contributed by atoms with E-state index in [0.29, 0.717) is 30.3 Å². The fraction of sp³-hybridized carbons (Fsp3) is 0.333. The molecule has 13 heavy (non-hydrogen) atoms. The Hall–Kier alpha value is -1.42. The van der Waals surface area contributed by atoms with Gasteiger partial charge in [0.15, 0.2) is 11.5 Å². The van der Waals surface area contributed by atoms with Gasteiger partial charge in [0.25, 0.3) is 0 Å². The number of hydrogen-bond acceptors (Lipinski definition) is 4. The van der Waals surface area contributed by atoms with Crippen molar-refractivity contribution in [3.63, 3.8) is 0 Å². The molecule has 0 saturated carbocycles. The van der Waals surface area contributed by atoms with Crippen LogP contribution in [0.15, 0.2) is 18.2 Å². The average molecular weight is 180 g/mol. The van der Waals surface area contributed by atoms with Crippen molar-refractivity contribution in [2.75, 3.05) is 18.9 Å². The number of nitrogen functional groups attached to an aromatic ring is 1. The maximum Gasteiger partial charge on any atom is 0.184 e. The van der Waals surface area contributed by atoms with Crippen LogP contribution >= 0.6 is 0 Å². The van der Waals surface area contributed by atoms with E-state index in [1.54, 1.807) is 6.07 Å². The first-order chi connectivity index (χ1) is 6.31. The SMILES string of the molecule is NCC1COc2cccc(N)c2O1. The number of para-hydroxylation sites is 1. The minimum atomic E-state index is -0.0859. The van der Waals surface area contributed by atoms with Gasteiger partial charge in [0.2, 0.25) is 0 Å². The first kappa shape index (κ1) is 8.19. The first-order valence-electron chi connectivity index (χ1n) is 4.19. The standard InChI is InChI=1S/C9H12N2O2/c10-4-6-5-12-8-3-1-2-7(11)9(8)13-6/h1-3,6H,4-5,10-11H2. The Bertz CT molecular complexity index is 314. The molecule has 1 aliphatic heterocycles. The maximum absolute atomic E-state index is 5.71. The number of hydrogen-bond donors (Lipinski definition) is 2. The third-order valence-corrected chi connectivity index (χ3v) is 1.98. The van der Waals surface area contributed by atoms with Crippen LogP contribution in [-0.4, -0.2) is 19.3 Å². The van der Waals surface area contributed by atoms with Crippen molar-refractivity contribution < 1.29 is 9.47 Å². The lowest BCUT2D eigenvalue weighted by molar-refractivity contribution is 0.0979. The molecule has 0 amide bonds. The van der Waals surface area contributed by atoms with E-state index < -0.39 is 0 Å². The summed E-state index contributed by atoms with van der Waals surface area (Å²) in [6, 6.07) is 5.44. The van der Waals surface area contributed by atoms with Gasteiger partial charge < -0.3 is 20.9 Å². The van der Waals surface area contributed by atoms with E-state index in [4.69, 9.17) is 20.9 Å². The van der Waals surface area contributed by atoms with Gasteiger partial charge in [-0.25, -0.2) is 0 Å².